The Hall–Kier alpha value is -1.89. The van der Waals surface area contributed by atoms with E-state index >= 15 is 0 Å². The van der Waals surface area contributed by atoms with E-state index in [4.69, 9.17) is 4.74 Å². The third-order valence-electron chi connectivity index (χ3n) is 4.09. The molecule has 0 atom stereocenters. The summed E-state index contributed by atoms with van der Waals surface area (Å²) in [4.78, 5) is 37.2. The first kappa shape index (κ1) is 17.5. The number of urea groups is 1. The third kappa shape index (κ3) is 3.55. The number of amides is 3. The van der Waals surface area contributed by atoms with Gasteiger partial charge in [-0.15, -0.1) is 0 Å². The fraction of sp³-hybridized carbons (Fsp3) is 0.438. The predicted octanol–water partition coefficient (Wildman–Crippen LogP) is 2.60. The molecule has 1 aliphatic heterocycles. The van der Waals surface area contributed by atoms with Gasteiger partial charge in [-0.05, 0) is 18.9 Å². The van der Waals surface area contributed by atoms with E-state index < -0.39 is 17.5 Å². The largest absolute Gasteiger partial charge is 0.459 e. The Morgan fingerprint density at radius 3 is 2.48 bits per heavy atom. The van der Waals surface area contributed by atoms with Crippen molar-refractivity contribution >= 4 is 33.8 Å². The molecule has 0 aliphatic carbocycles. The van der Waals surface area contributed by atoms with E-state index in [1.54, 1.807) is 0 Å². The second-order valence-electron chi connectivity index (χ2n) is 5.36. The molecular formula is C16H19BrN2O4. The molecule has 1 N–H and O–H groups in total. The van der Waals surface area contributed by atoms with Gasteiger partial charge in [-0.3, -0.25) is 14.5 Å². The first-order valence-electron chi connectivity index (χ1n) is 7.46. The fourth-order valence-corrected chi connectivity index (χ4v) is 2.90. The second-order valence-corrected chi connectivity index (χ2v) is 6.22. The van der Waals surface area contributed by atoms with Gasteiger partial charge in [0.2, 0.25) is 0 Å². The Bertz CT molecular complexity index is 628. The fourth-order valence-electron chi connectivity index (χ4n) is 2.50. The van der Waals surface area contributed by atoms with Crippen LogP contribution in [0.2, 0.25) is 0 Å². The van der Waals surface area contributed by atoms with Crippen molar-refractivity contribution < 1.29 is 19.1 Å². The molecule has 0 unspecified atom stereocenters. The van der Waals surface area contributed by atoms with E-state index in [-0.39, 0.29) is 19.1 Å². The number of ether oxygens (including phenoxy) is 1. The van der Waals surface area contributed by atoms with Crippen molar-refractivity contribution in [3.63, 3.8) is 0 Å². The van der Waals surface area contributed by atoms with Gasteiger partial charge in [0.1, 0.15) is 18.7 Å². The SMILES string of the molecule is CCC1(CC)NC(=O)N(CC(=O)OCc2ccccc2Br)C1=O. The maximum atomic E-state index is 12.4. The van der Waals surface area contributed by atoms with Crippen LogP contribution in [0.3, 0.4) is 0 Å². The molecule has 0 bridgehead atoms. The maximum absolute atomic E-state index is 12.4. The highest BCUT2D eigenvalue weighted by Crippen LogP contribution is 2.24. The summed E-state index contributed by atoms with van der Waals surface area (Å²) in [5.41, 5.74) is -0.0886. The van der Waals surface area contributed by atoms with Crippen LogP contribution in [0.1, 0.15) is 32.3 Å². The van der Waals surface area contributed by atoms with E-state index in [1.165, 1.54) is 0 Å². The molecule has 2 rings (SSSR count). The highest BCUT2D eigenvalue weighted by molar-refractivity contribution is 9.10. The minimum absolute atomic E-state index is 0.0800. The molecule has 1 aromatic carbocycles. The molecule has 1 heterocycles. The van der Waals surface area contributed by atoms with Gasteiger partial charge >= 0.3 is 12.0 Å². The van der Waals surface area contributed by atoms with Gasteiger partial charge in [-0.2, -0.15) is 0 Å². The Morgan fingerprint density at radius 1 is 1.26 bits per heavy atom. The monoisotopic (exact) mass is 382 g/mol. The minimum Gasteiger partial charge on any atom is -0.459 e. The average molecular weight is 383 g/mol. The van der Waals surface area contributed by atoms with Crippen LogP contribution in [0.25, 0.3) is 0 Å². The smallest absolute Gasteiger partial charge is 0.326 e. The standard InChI is InChI=1S/C16H19BrN2O4/c1-3-16(4-2)14(21)19(15(22)18-16)9-13(20)23-10-11-7-5-6-8-12(11)17/h5-8H,3-4,9-10H2,1-2H3,(H,18,22). The molecular weight excluding hydrogens is 364 g/mol. The Labute approximate surface area is 143 Å². The van der Waals surface area contributed by atoms with Gasteiger partial charge in [0, 0.05) is 10.0 Å². The van der Waals surface area contributed by atoms with Crippen LogP contribution in [0.5, 0.6) is 0 Å². The molecule has 0 saturated carbocycles. The van der Waals surface area contributed by atoms with Crippen molar-refractivity contribution in [3.8, 4) is 0 Å². The minimum atomic E-state index is -0.903. The molecule has 23 heavy (non-hydrogen) atoms. The van der Waals surface area contributed by atoms with Gasteiger partial charge in [-0.1, -0.05) is 48.0 Å². The summed E-state index contributed by atoms with van der Waals surface area (Å²) in [6, 6.07) is 6.82. The number of carbonyl (C=O) groups is 3. The van der Waals surface area contributed by atoms with Crippen molar-refractivity contribution in [2.75, 3.05) is 6.54 Å². The van der Waals surface area contributed by atoms with Crippen molar-refractivity contribution in [2.24, 2.45) is 0 Å². The lowest BCUT2D eigenvalue weighted by atomic mass is 9.93. The molecule has 0 radical (unpaired) electrons. The normalized spacial score (nSPS) is 16.4. The summed E-state index contributed by atoms with van der Waals surface area (Å²) < 4.78 is 5.99. The summed E-state index contributed by atoms with van der Waals surface area (Å²) in [6.45, 7) is 3.36. The van der Waals surface area contributed by atoms with Crippen molar-refractivity contribution in [1.82, 2.24) is 10.2 Å². The van der Waals surface area contributed by atoms with Gasteiger partial charge in [0.05, 0.1) is 0 Å². The molecule has 1 aliphatic rings. The Morgan fingerprint density at radius 2 is 1.91 bits per heavy atom. The predicted molar refractivity (Wildman–Crippen MR) is 87.5 cm³/mol. The number of esters is 1. The number of nitrogens with zero attached hydrogens (tertiary/aromatic N) is 1. The topological polar surface area (TPSA) is 75.7 Å². The number of rotatable bonds is 6. The van der Waals surface area contributed by atoms with Gasteiger partial charge in [-0.25, -0.2) is 4.79 Å². The maximum Gasteiger partial charge on any atom is 0.326 e. The molecule has 6 nitrogen and oxygen atoms in total. The van der Waals surface area contributed by atoms with E-state index in [2.05, 4.69) is 21.2 Å². The number of imide groups is 1. The quantitative estimate of drug-likeness (QED) is 0.605. The molecule has 1 aromatic rings. The van der Waals surface area contributed by atoms with E-state index in [0.717, 1.165) is 14.9 Å². The number of halogens is 1. The average Bonchev–Trinajstić information content (AvgIpc) is 2.79. The lowest BCUT2D eigenvalue weighted by molar-refractivity contribution is -0.149. The van der Waals surface area contributed by atoms with E-state index in [0.29, 0.717) is 12.8 Å². The zero-order chi connectivity index (χ0) is 17.0. The number of nitrogens with one attached hydrogen (secondary N) is 1. The number of carbonyl (C=O) groups excluding carboxylic acids is 3. The molecule has 1 fully saturated rings. The summed E-state index contributed by atoms with van der Waals surface area (Å²) in [6.07, 6.45) is 0.965. The summed E-state index contributed by atoms with van der Waals surface area (Å²) >= 11 is 3.37. The van der Waals surface area contributed by atoms with Crippen LogP contribution in [-0.4, -0.2) is 34.9 Å². The zero-order valence-electron chi connectivity index (χ0n) is 13.1. The van der Waals surface area contributed by atoms with Crippen LogP contribution in [-0.2, 0) is 20.9 Å². The highest BCUT2D eigenvalue weighted by Gasteiger charge is 2.49. The number of benzene rings is 1. The molecule has 7 heteroatoms. The van der Waals surface area contributed by atoms with Crippen LogP contribution in [0.4, 0.5) is 4.79 Å². The highest BCUT2D eigenvalue weighted by atomic mass is 79.9. The summed E-state index contributed by atoms with van der Waals surface area (Å²) in [5.74, 6) is -0.988. The lowest BCUT2D eigenvalue weighted by Crippen LogP contribution is -2.46. The van der Waals surface area contributed by atoms with Crippen molar-refractivity contribution in [2.45, 2.75) is 38.8 Å². The first-order valence-corrected chi connectivity index (χ1v) is 8.26. The van der Waals surface area contributed by atoms with Crippen molar-refractivity contribution in [1.29, 1.82) is 0 Å². The third-order valence-corrected chi connectivity index (χ3v) is 4.86. The van der Waals surface area contributed by atoms with Crippen LogP contribution >= 0.6 is 15.9 Å². The summed E-state index contributed by atoms with van der Waals surface area (Å²) in [5, 5.41) is 2.68. The Kier molecular flexibility index (Phi) is 5.41. The van der Waals surface area contributed by atoms with Gasteiger partial charge < -0.3 is 10.1 Å². The van der Waals surface area contributed by atoms with Crippen LogP contribution < -0.4 is 5.32 Å². The van der Waals surface area contributed by atoms with E-state index in [1.807, 2.05) is 38.1 Å². The van der Waals surface area contributed by atoms with Gasteiger partial charge in [0.15, 0.2) is 0 Å². The Balaban J connectivity index is 1.97. The van der Waals surface area contributed by atoms with E-state index in [9.17, 15) is 14.4 Å². The molecule has 124 valence electrons. The van der Waals surface area contributed by atoms with Crippen LogP contribution in [0, 0.1) is 0 Å². The second kappa shape index (κ2) is 7.12. The first-order chi connectivity index (χ1) is 10.9. The summed E-state index contributed by atoms with van der Waals surface area (Å²) in [7, 11) is 0. The molecule has 0 spiro atoms. The van der Waals surface area contributed by atoms with Gasteiger partial charge in [0.25, 0.3) is 5.91 Å². The molecule has 0 aromatic heterocycles. The lowest BCUT2D eigenvalue weighted by Gasteiger charge is -2.22. The number of hydrogen-bond acceptors (Lipinski definition) is 4. The zero-order valence-corrected chi connectivity index (χ0v) is 14.7. The van der Waals surface area contributed by atoms with Crippen molar-refractivity contribution in [3.05, 3.63) is 34.3 Å². The van der Waals surface area contributed by atoms with Crippen LogP contribution in [0.15, 0.2) is 28.7 Å². The molecule has 1 saturated heterocycles. The molecule has 3 amide bonds. The number of hydrogen-bond donors (Lipinski definition) is 1.